The molecule has 0 aliphatic heterocycles. The number of halogens is 1. The van der Waals surface area contributed by atoms with E-state index in [1.165, 1.54) is 7.11 Å². The van der Waals surface area contributed by atoms with Gasteiger partial charge in [-0.1, -0.05) is 17.7 Å². The molecular weight excluding hydrogens is 266 g/mol. The largest absolute Gasteiger partial charge is 0.480 e. The van der Waals surface area contributed by atoms with Gasteiger partial charge in [-0.15, -0.1) is 10.2 Å². The summed E-state index contributed by atoms with van der Waals surface area (Å²) in [6.45, 7) is 1.83. The van der Waals surface area contributed by atoms with Crippen molar-refractivity contribution < 1.29 is 9.53 Å². The molecule has 6 heteroatoms. The summed E-state index contributed by atoms with van der Waals surface area (Å²) in [6, 6.07) is 8.42. The Labute approximate surface area is 115 Å². The lowest BCUT2D eigenvalue weighted by molar-refractivity contribution is 0.102. The third-order valence-corrected chi connectivity index (χ3v) is 3.01. The Hall–Kier alpha value is -2.14. The second-order valence-corrected chi connectivity index (χ2v) is 4.23. The quantitative estimate of drug-likeness (QED) is 0.937. The van der Waals surface area contributed by atoms with Crippen molar-refractivity contribution >= 4 is 23.2 Å². The molecule has 0 unspecified atom stereocenters. The molecule has 0 aliphatic rings. The van der Waals surface area contributed by atoms with E-state index in [-0.39, 0.29) is 11.6 Å². The fourth-order valence-electron chi connectivity index (χ4n) is 1.48. The van der Waals surface area contributed by atoms with Gasteiger partial charge in [-0.05, 0) is 30.7 Å². The number of hydrogen-bond donors (Lipinski definition) is 1. The summed E-state index contributed by atoms with van der Waals surface area (Å²) in [5.74, 6) is 0.0102. The molecule has 0 radical (unpaired) electrons. The van der Waals surface area contributed by atoms with Gasteiger partial charge in [0.1, 0.15) is 0 Å². The number of amides is 1. The van der Waals surface area contributed by atoms with Crippen molar-refractivity contribution in [1.82, 2.24) is 10.2 Å². The molecule has 0 spiro atoms. The number of nitrogens with one attached hydrogen (secondary N) is 1. The van der Waals surface area contributed by atoms with Crippen LogP contribution in [0.2, 0.25) is 5.02 Å². The van der Waals surface area contributed by atoms with Crippen LogP contribution in [0.25, 0.3) is 0 Å². The van der Waals surface area contributed by atoms with Gasteiger partial charge in [-0.25, -0.2) is 0 Å². The fourth-order valence-corrected chi connectivity index (χ4v) is 1.65. The number of rotatable bonds is 3. The second kappa shape index (κ2) is 5.67. The van der Waals surface area contributed by atoms with Gasteiger partial charge in [0.05, 0.1) is 7.11 Å². The van der Waals surface area contributed by atoms with Gasteiger partial charge in [-0.3, -0.25) is 4.79 Å². The molecule has 0 aliphatic carbocycles. The van der Waals surface area contributed by atoms with Crippen LogP contribution in [0.3, 0.4) is 0 Å². The normalized spacial score (nSPS) is 10.1. The Balaban J connectivity index is 2.18. The van der Waals surface area contributed by atoms with Gasteiger partial charge < -0.3 is 10.1 Å². The standard InChI is InChI=1S/C13H12ClN3O2/c1-8-9(14)4-3-5-10(8)15-13(18)11-6-7-12(19-2)17-16-11/h3-7H,1-2H3,(H,15,18). The Morgan fingerprint density at radius 2 is 2.05 bits per heavy atom. The van der Waals surface area contributed by atoms with Gasteiger partial charge in [0, 0.05) is 16.8 Å². The highest BCUT2D eigenvalue weighted by Gasteiger charge is 2.11. The topological polar surface area (TPSA) is 64.1 Å². The van der Waals surface area contributed by atoms with Crippen LogP contribution in [0.4, 0.5) is 5.69 Å². The number of hydrogen-bond acceptors (Lipinski definition) is 4. The average Bonchev–Trinajstić information content (AvgIpc) is 2.44. The minimum atomic E-state index is -0.347. The first kappa shape index (κ1) is 13.3. The number of carbonyl (C=O) groups excluding carboxylic acids is 1. The number of methoxy groups -OCH3 is 1. The van der Waals surface area contributed by atoms with Gasteiger partial charge in [-0.2, -0.15) is 0 Å². The molecule has 0 saturated carbocycles. The molecule has 1 aromatic carbocycles. The van der Waals surface area contributed by atoms with E-state index in [2.05, 4.69) is 15.5 Å². The summed E-state index contributed by atoms with van der Waals surface area (Å²) in [4.78, 5) is 12.0. The molecule has 1 amide bonds. The number of anilines is 1. The Morgan fingerprint density at radius 1 is 1.26 bits per heavy atom. The average molecular weight is 278 g/mol. The zero-order valence-electron chi connectivity index (χ0n) is 10.5. The first-order valence-corrected chi connectivity index (χ1v) is 5.94. The minimum Gasteiger partial charge on any atom is -0.480 e. The molecule has 1 heterocycles. The van der Waals surface area contributed by atoms with Gasteiger partial charge >= 0.3 is 0 Å². The third-order valence-electron chi connectivity index (χ3n) is 2.60. The lowest BCUT2D eigenvalue weighted by atomic mass is 10.2. The Bertz CT molecular complexity index is 599. The molecule has 2 aromatic rings. The van der Waals surface area contributed by atoms with E-state index in [4.69, 9.17) is 16.3 Å². The van der Waals surface area contributed by atoms with Crippen LogP contribution in [0.5, 0.6) is 5.88 Å². The van der Waals surface area contributed by atoms with Crippen LogP contribution in [-0.4, -0.2) is 23.2 Å². The summed E-state index contributed by atoms with van der Waals surface area (Å²) in [5, 5.41) is 10.9. The smallest absolute Gasteiger partial charge is 0.276 e. The van der Waals surface area contributed by atoms with Crippen LogP contribution >= 0.6 is 11.6 Å². The zero-order valence-corrected chi connectivity index (χ0v) is 11.2. The summed E-state index contributed by atoms with van der Waals surface area (Å²) < 4.78 is 4.88. The van der Waals surface area contributed by atoms with Gasteiger partial charge in [0.2, 0.25) is 5.88 Å². The van der Waals surface area contributed by atoms with E-state index in [9.17, 15) is 4.79 Å². The van der Waals surface area contributed by atoms with E-state index in [0.29, 0.717) is 16.6 Å². The monoisotopic (exact) mass is 277 g/mol. The second-order valence-electron chi connectivity index (χ2n) is 3.83. The van der Waals surface area contributed by atoms with E-state index in [0.717, 1.165) is 5.56 Å². The Kier molecular flexibility index (Phi) is 3.97. The molecule has 0 fully saturated rings. The molecule has 98 valence electrons. The Morgan fingerprint density at radius 3 is 2.68 bits per heavy atom. The molecule has 19 heavy (non-hydrogen) atoms. The van der Waals surface area contributed by atoms with Crippen LogP contribution in [0, 0.1) is 6.92 Å². The number of carbonyl (C=O) groups is 1. The third kappa shape index (κ3) is 3.00. The van der Waals surface area contributed by atoms with E-state index in [1.54, 1.807) is 30.3 Å². The van der Waals surface area contributed by atoms with Crippen molar-refractivity contribution in [2.45, 2.75) is 6.92 Å². The first-order chi connectivity index (χ1) is 9.11. The number of nitrogens with zero attached hydrogens (tertiary/aromatic N) is 2. The summed E-state index contributed by atoms with van der Waals surface area (Å²) >= 11 is 5.99. The van der Waals surface area contributed by atoms with Crippen LogP contribution in [0.15, 0.2) is 30.3 Å². The molecule has 5 nitrogen and oxygen atoms in total. The van der Waals surface area contributed by atoms with Crippen molar-refractivity contribution in [2.75, 3.05) is 12.4 Å². The molecule has 0 bridgehead atoms. The van der Waals surface area contributed by atoms with Crippen LogP contribution < -0.4 is 10.1 Å². The molecule has 0 atom stereocenters. The summed E-state index contributed by atoms with van der Waals surface area (Å²) in [6.07, 6.45) is 0. The highest BCUT2D eigenvalue weighted by atomic mass is 35.5. The first-order valence-electron chi connectivity index (χ1n) is 5.56. The van der Waals surface area contributed by atoms with Crippen molar-refractivity contribution in [3.8, 4) is 5.88 Å². The minimum absolute atomic E-state index is 0.208. The molecule has 2 rings (SSSR count). The fraction of sp³-hybridized carbons (Fsp3) is 0.154. The van der Waals surface area contributed by atoms with E-state index >= 15 is 0 Å². The van der Waals surface area contributed by atoms with Crippen molar-refractivity contribution in [1.29, 1.82) is 0 Å². The molecule has 1 aromatic heterocycles. The summed E-state index contributed by atoms with van der Waals surface area (Å²) in [7, 11) is 1.49. The van der Waals surface area contributed by atoms with Crippen molar-refractivity contribution in [2.24, 2.45) is 0 Å². The van der Waals surface area contributed by atoms with E-state index < -0.39 is 0 Å². The van der Waals surface area contributed by atoms with E-state index in [1.807, 2.05) is 6.92 Å². The maximum absolute atomic E-state index is 12.0. The predicted molar refractivity (Wildman–Crippen MR) is 72.7 cm³/mol. The zero-order chi connectivity index (χ0) is 13.8. The molecule has 1 N–H and O–H groups in total. The summed E-state index contributed by atoms with van der Waals surface area (Å²) in [5.41, 5.74) is 1.66. The highest BCUT2D eigenvalue weighted by molar-refractivity contribution is 6.31. The molecule has 0 saturated heterocycles. The SMILES string of the molecule is COc1ccc(C(=O)Nc2cccc(Cl)c2C)nn1. The number of aromatic nitrogens is 2. The molecular formula is C13H12ClN3O2. The van der Waals surface area contributed by atoms with Crippen LogP contribution in [0.1, 0.15) is 16.1 Å². The lowest BCUT2D eigenvalue weighted by Crippen LogP contribution is -2.15. The van der Waals surface area contributed by atoms with Crippen LogP contribution in [-0.2, 0) is 0 Å². The predicted octanol–water partition coefficient (Wildman–Crippen LogP) is 2.70. The van der Waals surface area contributed by atoms with Crippen molar-refractivity contribution in [3.05, 3.63) is 46.6 Å². The van der Waals surface area contributed by atoms with Gasteiger partial charge in [0.25, 0.3) is 5.91 Å². The highest BCUT2D eigenvalue weighted by Crippen LogP contribution is 2.23. The van der Waals surface area contributed by atoms with Gasteiger partial charge in [0.15, 0.2) is 5.69 Å². The number of benzene rings is 1. The number of ether oxygens (including phenoxy) is 1. The maximum Gasteiger partial charge on any atom is 0.276 e. The maximum atomic E-state index is 12.0. The van der Waals surface area contributed by atoms with Crippen molar-refractivity contribution in [3.63, 3.8) is 0 Å². The lowest BCUT2D eigenvalue weighted by Gasteiger charge is -2.08.